The molecule has 120 valence electrons. The van der Waals surface area contributed by atoms with Crippen LogP contribution in [0.3, 0.4) is 0 Å². The highest BCUT2D eigenvalue weighted by Crippen LogP contribution is 2.12. The van der Waals surface area contributed by atoms with Gasteiger partial charge >= 0.3 is 0 Å². The van der Waals surface area contributed by atoms with Crippen LogP contribution in [0.4, 0.5) is 0 Å². The Bertz CT molecular complexity index is 810. The third-order valence-corrected chi connectivity index (χ3v) is 5.08. The van der Waals surface area contributed by atoms with Crippen LogP contribution in [0.5, 0.6) is 0 Å². The number of para-hydroxylation sites is 1. The van der Waals surface area contributed by atoms with Crippen molar-refractivity contribution in [1.82, 2.24) is 9.29 Å². The highest BCUT2D eigenvalue weighted by atomic mass is 32.2. The third kappa shape index (κ3) is 3.96. The molecule has 1 N–H and O–H groups in total. The molecule has 0 aliphatic heterocycles. The maximum Gasteiger partial charge on any atom is 0.253 e. The van der Waals surface area contributed by atoms with E-state index in [9.17, 15) is 13.2 Å². The number of aryl methyl sites for hydroxylation is 1. The minimum atomic E-state index is -3.26. The largest absolute Gasteiger partial charge is 0.307 e. The predicted molar refractivity (Wildman–Crippen MR) is 89.6 cm³/mol. The van der Waals surface area contributed by atoms with Crippen molar-refractivity contribution < 1.29 is 8.42 Å². The van der Waals surface area contributed by atoms with Crippen molar-refractivity contribution in [1.29, 1.82) is 0 Å². The second kappa shape index (κ2) is 7.07. The second-order valence-corrected chi connectivity index (χ2v) is 7.34. The molecule has 0 saturated heterocycles. The van der Waals surface area contributed by atoms with Gasteiger partial charge in [0.2, 0.25) is 10.0 Å². The molecule has 0 radical (unpaired) electrons. The van der Waals surface area contributed by atoms with E-state index in [0.717, 1.165) is 17.3 Å². The quantitative estimate of drug-likeness (QED) is 0.848. The average Bonchev–Trinajstić information content (AvgIpc) is 2.49. The highest BCUT2D eigenvalue weighted by Gasteiger charge is 2.10. The molecule has 5 nitrogen and oxygen atoms in total. The molecule has 6 heteroatoms. The Kier molecular flexibility index (Phi) is 5.37. The van der Waals surface area contributed by atoms with Gasteiger partial charge in [0.15, 0.2) is 0 Å². The van der Waals surface area contributed by atoms with Gasteiger partial charge in [0.25, 0.3) is 5.56 Å². The lowest BCUT2D eigenvalue weighted by Crippen LogP contribution is -2.33. The Morgan fingerprint density at radius 2 is 1.95 bits per heavy atom. The van der Waals surface area contributed by atoms with Crippen molar-refractivity contribution in [2.24, 2.45) is 0 Å². The summed E-state index contributed by atoms with van der Waals surface area (Å²) in [5.74, 6) is 0.132. The monoisotopic (exact) mass is 322 g/mol. The summed E-state index contributed by atoms with van der Waals surface area (Å²) in [5.41, 5.74) is 1.41. The Morgan fingerprint density at radius 3 is 2.68 bits per heavy atom. The van der Waals surface area contributed by atoms with E-state index in [0.29, 0.717) is 18.5 Å². The molecule has 0 fully saturated rings. The fourth-order valence-electron chi connectivity index (χ4n) is 2.41. The molecule has 0 amide bonds. The van der Waals surface area contributed by atoms with Crippen LogP contribution in [0.25, 0.3) is 10.9 Å². The fraction of sp³-hybridized carbons (Fsp3) is 0.438. The molecule has 2 aromatic rings. The van der Waals surface area contributed by atoms with Crippen LogP contribution in [0.15, 0.2) is 35.1 Å². The average molecular weight is 322 g/mol. The van der Waals surface area contributed by atoms with Gasteiger partial charge in [0.1, 0.15) is 0 Å². The van der Waals surface area contributed by atoms with Crippen molar-refractivity contribution >= 4 is 20.9 Å². The van der Waals surface area contributed by atoms with Crippen LogP contribution < -0.4 is 10.3 Å². The van der Waals surface area contributed by atoms with E-state index < -0.39 is 10.0 Å². The minimum Gasteiger partial charge on any atom is -0.307 e. The molecule has 22 heavy (non-hydrogen) atoms. The lowest BCUT2D eigenvalue weighted by Gasteiger charge is -2.12. The SMILES string of the molecule is CCCCS(=O)(=O)NCCn1c(=O)c(C)cc2ccccc21. The van der Waals surface area contributed by atoms with Crippen LogP contribution in [0.1, 0.15) is 25.3 Å². The van der Waals surface area contributed by atoms with Crippen LogP contribution in [0, 0.1) is 6.92 Å². The van der Waals surface area contributed by atoms with Crippen LogP contribution in [-0.4, -0.2) is 25.3 Å². The summed E-state index contributed by atoms with van der Waals surface area (Å²) < 4.78 is 27.8. The number of pyridine rings is 1. The number of hydrogen-bond acceptors (Lipinski definition) is 3. The van der Waals surface area contributed by atoms with Crippen LogP contribution in [-0.2, 0) is 16.6 Å². The number of sulfonamides is 1. The molecule has 0 unspecified atom stereocenters. The van der Waals surface area contributed by atoms with Crippen molar-refractivity contribution in [2.75, 3.05) is 12.3 Å². The van der Waals surface area contributed by atoms with Gasteiger partial charge in [-0.05, 0) is 30.9 Å². The summed E-state index contributed by atoms with van der Waals surface area (Å²) in [4.78, 5) is 12.3. The summed E-state index contributed by atoms with van der Waals surface area (Å²) in [6.45, 7) is 4.27. The molecule has 1 aromatic carbocycles. The lowest BCUT2D eigenvalue weighted by molar-refractivity contribution is 0.569. The van der Waals surface area contributed by atoms with Gasteiger partial charge in [-0.3, -0.25) is 4.79 Å². The van der Waals surface area contributed by atoms with Gasteiger partial charge in [-0.15, -0.1) is 0 Å². The van der Waals surface area contributed by atoms with Gasteiger partial charge in [0, 0.05) is 18.7 Å². The molecule has 0 atom stereocenters. The van der Waals surface area contributed by atoms with Crippen molar-refractivity contribution in [2.45, 2.75) is 33.2 Å². The molecule has 2 rings (SSSR count). The Balaban J connectivity index is 2.18. The summed E-state index contributed by atoms with van der Waals surface area (Å²) in [7, 11) is -3.26. The molecular weight excluding hydrogens is 300 g/mol. The first-order valence-corrected chi connectivity index (χ1v) is 9.16. The number of rotatable bonds is 7. The first-order valence-electron chi connectivity index (χ1n) is 7.51. The van der Waals surface area contributed by atoms with E-state index >= 15 is 0 Å². The first-order chi connectivity index (χ1) is 10.4. The molecule has 0 spiro atoms. The molecule has 0 bridgehead atoms. The van der Waals surface area contributed by atoms with Crippen LogP contribution >= 0.6 is 0 Å². The summed E-state index contributed by atoms with van der Waals surface area (Å²) in [5, 5.41) is 0.980. The van der Waals surface area contributed by atoms with E-state index in [4.69, 9.17) is 0 Å². The van der Waals surface area contributed by atoms with E-state index in [1.54, 1.807) is 11.5 Å². The maximum atomic E-state index is 12.3. The zero-order valence-electron chi connectivity index (χ0n) is 13.0. The van der Waals surface area contributed by atoms with Gasteiger partial charge in [-0.2, -0.15) is 0 Å². The summed E-state index contributed by atoms with van der Waals surface area (Å²) in [6.07, 6.45) is 1.48. The van der Waals surface area contributed by atoms with Gasteiger partial charge in [0.05, 0.1) is 11.3 Å². The topological polar surface area (TPSA) is 68.2 Å². The molecule has 1 heterocycles. The molecule has 1 aromatic heterocycles. The summed E-state index contributed by atoms with van der Waals surface area (Å²) in [6, 6.07) is 9.48. The van der Waals surface area contributed by atoms with Crippen molar-refractivity contribution in [3.63, 3.8) is 0 Å². The number of hydrogen-bond donors (Lipinski definition) is 1. The normalized spacial score (nSPS) is 11.9. The molecule has 0 aliphatic rings. The number of benzene rings is 1. The van der Waals surface area contributed by atoms with Crippen molar-refractivity contribution in [3.8, 4) is 0 Å². The Morgan fingerprint density at radius 1 is 1.23 bits per heavy atom. The molecule has 0 saturated carbocycles. The molecular formula is C16H22N2O3S. The van der Waals surface area contributed by atoms with Crippen molar-refractivity contribution in [3.05, 3.63) is 46.2 Å². The number of nitrogens with one attached hydrogen (secondary N) is 1. The van der Waals surface area contributed by atoms with E-state index in [-0.39, 0.29) is 17.9 Å². The minimum absolute atomic E-state index is 0.0774. The molecule has 0 aliphatic carbocycles. The van der Waals surface area contributed by atoms with Gasteiger partial charge < -0.3 is 4.57 Å². The number of fused-ring (bicyclic) bond motifs is 1. The van der Waals surface area contributed by atoms with Gasteiger partial charge in [-0.25, -0.2) is 13.1 Å². The number of nitrogens with zero attached hydrogens (tertiary/aromatic N) is 1. The first kappa shape index (κ1) is 16.7. The Hall–Kier alpha value is -1.66. The van der Waals surface area contributed by atoms with Gasteiger partial charge in [-0.1, -0.05) is 31.5 Å². The van der Waals surface area contributed by atoms with E-state index in [1.165, 1.54) is 0 Å². The standard InChI is InChI=1S/C16H22N2O3S/c1-3-4-11-22(20,21)17-9-10-18-15-8-6-5-7-14(15)12-13(2)16(18)19/h5-8,12,17H,3-4,9-11H2,1-2H3. The fourth-order valence-corrected chi connectivity index (χ4v) is 3.63. The zero-order chi connectivity index (χ0) is 16.2. The zero-order valence-corrected chi connectivity index (χ0v) is 13.8. The smallest absolute Gasteiger partial charge is 0.253 e. The second-order valence-electron chi connectivity index (χ2n) is 5.41. The van der Waals surface area contributed by atoms with Crippen LogP contribution in [0.2, 0.25) is 0 Å². The predicted octanol–water partition coefficient (Wildman–Crippen LogP) is 2.03. The number of unbranched alkanes of at least 4 members (excludes halogenated alkanes) is 1. The van der Waals surface area contributed by atoms with E-state index in [1.807, 2.05) is 37.3 Å². The van der Waals surface area contributed by atoms with E-state index in [2.05, 4.69) is 4.72 Å². The number of aromatic nitrogens is 1. The Labute approximate surface area is 131 Å². The summed E-state index contributed by atoms with van der Waals surface area (Å²) >= 11 is 0. The highest BCUT2D eigenvalue weighted by molar-refractivity contribution is 7.89. The third-order valence-electron chi connectivity index (χ3n) is 3.61. The maximum absolute atomic E-state index is 12.3. The lowest BCUT2D eigenvalue weighted by atomic mass is 10.1.